The highest BCUT2D eigenvalue weighted by Gasteiger charge is 2.14. The smallest absolute Gasteiger partial charge is 0.262 e. The van der Waals surface area contributed by atoms with Gasteiger partial charge in [-0.15, -0.1) is 0 Å². The third-order valence-corrected chi connectivity index (χ3v) is 5.35. The Balaban J connectivity index is 1.77. The van der Waals surface area contributed by atoms with E-state index >= 15 is 0 Å². The number of amides is 1. The summed E-state index contributed by atoms with van der Waals surface area (Å²) in [5, 5.41) is 12.2. The number of halogens is 2. The minimum absolute atomic E-state index is 0.0289. The van der Waals surface area contributed by atoms with E-state index in [0.29, 0.717) is 32.7 Å². The van der Waals surface area contributed by atoms with Gasteiger partial charge in [-0.3, -0.25) is 4.79 Å². The average molecular weight is 542 g/mol. The normalized spacial score (nSPS) is 10.9. The molecule has 5 nitrogen and oxygen atoms in total. The molecule has 0 aliphatic heterocycles. The fourth-order valence-corrected chi connectivity index (χ4v) is 3.70. The molecule has 3 aromatic carbocycles. The average Bonchev–Trinajstić information content (AvgIpc) is 2.81. The van der Waals surface area contributed by atoms with Crippen molar-refractivity contribution >= 4 is 34.6 Å². The van der Waals surface area contributed by atoms with Crippen molar-refractivity contribution in [2.45, 2.75) is 13.2 Å². The standard InChI is InChI=1S/C25H20FIN2O3/c1-31-23-13-18(11-20(14-28)25(30)29-15-17-7-3-2-4-8-17)12-22(27)24(23)32-16-19-9-5-6-10-21(19)26/h2-13H,15-16H2,1H3,(H,29,30)/b20-11-. The van der Waals surface area contributed by atoms with Gasteiger partial charge in [-0.25, -0.2) is 4.39 Å². The Labute approximate surface area is 199 Å². The number of methoxy groups -OCH3 is 1. The molecule has 162 valence electrons. The molecule has 0 aromatic heterocycles. The monoisotopic (exact) mass is 542 g/mol. The second-order valence-electron chi connectivity index (χ2n) is 6.75. The first-order chi connectivity index (χ1) is 15.5. The van der Waals surface area contributed by atoms with Gasteiger partial charge in [0.05, 0.1) is 10.7 Å². The first-order valence-electron chi connectivity index (χ1n) is 9.69. The summed E-state index contributed by atoms with van der Waals surface area (Å²) in [6.07, 6.45) is 1.49. The first-order valence-corrected chi connectivity index (χ1v) is 10.8. The third kappa shape index (κ3) is 6.08. The fraction of sp³-hybridized carbons (Fsp3) is 0.120. The summed E-state index contributed by atoms with van der Waals surface area (Å²) in [5.74, 6) is 0.0634. The molecule has 1 N–H and O–H groups in total. The predicted molar refractivity (Wildman–Crippen MR) is 128 cm³/mol. The van der Waals surface area contributed by atoms with Crippen molar-refractivity contribution in [1.29, 1.82) is 5.26 Å². The minimum atomic E-state index is -0.467. The van der Waals surface area contributed by atoms with Gasteiger partial charge in [0.25, 0.3) is 5.91 Å². The van der Waals surface area contributed by atoms with Gasteiger partial charge in [0.2, 0.25) is 0 Å². The summed E-state index contributed by atoms with van der Waals surface area (Å²) in [4.78, 5) is 12.5. The highest BCUT2D eigenvalue weighted by molar-refractivity contribution is 14.1. The SMILES string of the molecule is COc1cc(/C=C(/C#N)C(=O)NCc2ccccc2)cc(I)c1OCc1ccccc1F. The van der Waals surface area contributed by atoms with Crippen LogP contribution in [0.15, 0.2) is 72.3 Å². The number of hydrogen-bond acceptors (Lipinski definition) is 4. The van der Waals surface area contributed by atoms with Crippen LogP contribution in [0.2, 0.25) is 0 Å². The summed E-state index contributed by atoms with van der Waals surface area (Å²) in [7, 11) is 1.49. The molecule has 0 atom stereocenters. The largest absolute Gasteiger partial charge is 0.493 e. The highest BCUT2D eigenvalue weighted by Crippen LogP contribution is 2.35. The lowest BCUT2D eigenvalue weighted by molar-refractivity contribution is -0.117. The maximum Gasteiger partial charge on any atom is 0.262 e. The van der Waals surface area contributed by atoms with Crippen LogP contribution < -0.4 is 14.8 Å². The van der Waals surface area contributed by atoms with Gasteiger partial charge in [0.1, 0.15) is 24.1 Å². The summed E-state index contributed by atoms with van der Waals surface area (Å²) in [5.41, 5.74) is 1.94. The number of ether oxygens (including phenoxy) is 2. The minimum Gasteiger partial charge on any atom is -0.493 e. The Morgan fingerprint density at radius 1 is 1.16 bits per heavy atom. The molecule has 0 saturated heterocycles. The van der Waals surface area contributed by atoms with E-state index in [2.05, 4.69) is 27.9 Å². The molecule has 1 amide bonds. The molecular weight excluding hydrogens is 522 g/mol. The summed E-state index contributed by atoms with van der Waals surface area (Å²) >= 11 is 2.08. The van der Waals surface area contributed by atoms with E-state index in [1.54, 1.807) is 30.3 Å². The number of benzene rings is 3. The van der Waals surface area contributed by atoms with Gasteiger partial charge in [-0.1, -0.05) is 48.5 Å². The van der Waals surface area contributed by atoms with Crippen LogP contribution >= 0.6 is 22.6 Å². The molecule has 0 unspecified atom stereocenters. The highest BCUT2D eigenvalue weighted by atomic mass is 127. The summed E-state index contributed by atoms with van der Waals surface area (Å²) in [6.45, 7) is 0.363. The van der Waals surface area contributed by atoms with Crippen molar-refractivity contribution in [3.8, 4) is 17.6 Å². The van der Waals surface area contributed by atoms with Gasteiger partial charge < -0.3 is 14.8 Å². The van der Waals surface area contributed by atoms with Crippen molar-refractivity contribution in [2.75, 3.05) is 7.11 Å². The lowest BCUT2D eigenvalue weighted by Gasteiger charge is -2.14. The van der Waals surface area contributed by atoms with E-state index in [4.69, 9.17) is 9.47 Å². The second kappa shape index (κ2) is 11.3. The summed E-state index contributed by atoms with van der Waals surface area (Å²) in [6, 6.07) is 21.2. The van der Waals surface area contributed by atoms with E-state index < -0.39 is 5.91 Å². The quantitative estimate of drug-likeness (QED) is 0.240. The van der Waals surface area contributed by atoms with Crippen molar-refractivity contribution < 1.29 is 18.7 Å². The molecule has 0 heterocycles. The topological polar surface area (TPSA) is 71.3 Å². The van der Waals surface area contributed by atoms with E-state index in [0.717, 1.165) is 5.56 Å². The van der Waals surface area contributed by atoms with Crippen molar-refractivity contribution in [3.05, 3.63) is 98.4 Å². The molecule has 32 heavy (non-hydrogen) atoms. The third-order valence-electron chi connectivity index (χ3n) is 4.55. The molecule has 0 fully saturated rings. The van der Waals surface area contributed by atoms with E-state index in [1.807, 2.05) is 36.4 Å². The zero-order valence-electron chi connectivity index (χ0n) is 17.3. The lowest BCUT2D eigenvalue weighted by Crippen LogP contribution is -2.23. The molecular formula is C25H20FIN2O3. The maximum atomic E-state index is 13.9. The van der Waals surface area contributed by atoms with E-state index in [9.17, 15) is 14.4 Å². The van der Waals surface area contributed by atoms with Crippen LogP contribution in [0.25, 0.3) is 6.08 Å². The summed E-state index contributed by atoms with van der Waals surface area (Å²) < 4.78 is 25.8. The lowest BCUT2D eigenvalue weighted by atomic mass is 10.1. The number of nitrogens with zero attached hydrogens (tertiary/aromatic N) is 1. The van der Waals surface area contributed by atoms with Crippen molar-refractivity contribution in [3.63, 3.8) is 0 Å². The van der Waals surface area contributed by atoms with Crippen LogP contribution in [0, 0.1) is 20.7 Å². The molecule has 0 radical (unpaired) electrons. The molecule has 0 aliphatic carbocycles. The van der Waals surface area contributed by atoms with Crippen LogP contribution in [0.1, 0.15) is 16.7 Å². The van der Waals surface area contributed by atoms with Crippen LogP contribution in [-0.4, -0.2) is 13.0 Å². The number of nitriles is 1. The van der Waals surface area contributed by atoms with Crippen LogP contribution in [0.4, 0.5) is 4.39 Å². The number of nitrogens with one attached hydrogen (secondary N) is 1. The molecule has 0 spiro atoms. The van der Waals surface area contributed by atoms with Crippen LogP contribution in [0.5, 0.6) is 11.5 Å². The zero-order chi connectivity index (χ0) is 22.9. The molecule has 0 aliphatic rings. The molecule has 0 bridgehead atoms. The van der Waals surface area contributed by atoms with Gasteiger partial charge in [-0.05, 0) is 58.0 Å². The second-order valence-corrected chi connectivity index (χ2v) is 7.91. The molecule has 7 heteroatoms. The number of rotatable bonds is 8. The number of carbonyl (C=O) groups is 1. The number of carbonyl (C=O) groups excluding carboxylic acids is 1. The van der Waals surface area contributed by atoms with E-state index in [1.165, 1.54) is 19.3 Å². The van der Waals surface area contributed by atoms with Gasteiger partial charge >= 0.3 is 0 Å². The van der Waals surface area contributed by atoms with E-state index in [-0.39, 0.29) is 18.0 Å². The molecule has 3 rings (SSSR count). The Kier molecular flexibility index (Phi) is 8.22. The van der Waals surface area contributed by atoms with Crippen LogP contribution in [0.3, 0.4) is 0 Å². The predicted octanol–water partition coefficient (Wildman–Crippen LogP) is 5.24. The van der Waals surface area contributed by atoms with Gasteiger partial charge in [-0.2, -0.15) is 5.26 Å². The van der Waals surface area contributed by atoms with Gasteiger partial charge in [0.15, 0.2) is 11.5 Å². The molecule has 0 saturated carbocycles. The van der Waals surface area contributed by atoms with Crippen molar-refractivity contribution in [2.24, 2.45) is 0 Å². The number of hydrogen-bond donors (Lipinski definition) is 1. The fourth-order valence-electron chi connectivity index (χ4n) is 2.92. The Bertz CT molecular complexity index is 1170. The van der Waals surface area contributed by atoms with Crippen LogP contribution in [-0.2, 0) is 17.9 Å². The Hall–Kier alpha value is -3.38. The van der Waals surface area contributed by atoms with Crippen molar-refractivity contribution in [1.82, 2.24) is 5.32 Å². The zero-order valence-corrected chi connectivity index (χ0v) is 19.4. The Morgan fingerprint density at radius 3 is 2.56 bits per heavy atom. The maximum absolute atomic E-state index is 13.9. The Morgan fingerprint density at radius 2 is 1.88 bits per heavy atom. The first kappa shape index (κ1) is 23.3. The molecule has 3 aromatic rings. The van der Waals surface area contributed by atoms with Gasteiger partial charge in [0, 0.05) is 12.1 Å².